The van der Waals surface area contributed by atoms with Crippen LogP contribution in [0.5, 0.6) is 0 Å². The molecule has 1 aromatic carbocycles. The number of halogens is 2. The molecule has 110 valence electrons. The summed E-state index contributed by atoms with van der Waals surface area (Å²) in [7, 11) is 0. The van der Waals surface area contributed by atoms with Crippen molar-refractivity contribution in [1.82, 2.24) is 24.3 Å². The summed E-state index contributed by atoms with van der Waals surface area (Å²) in [5, 5.41) is 4.19. The molecule has 21 heavy (non-hydrogen) atoms. The van der Waals surface area contributed by atoms with Gasteiger partial charge in [-0.05, 0) is 5.92 Å². The van der Waals surface area contributed by atoms with Gasteiger partial charge in [0, 0.05) is 18.7 Å². The number of imidazole rings is 1. The molecule has 0 saturated carbocycles. The first kappa shape index (κ1) is 13.7. The highest BCUT2D eigenvalue weighted by molar-refractivity contribution is 5.75. The number of rotatable bonds is 4. The van der Waals surface area contributed by atoms with Crippen molar-refractivity contribution >= 4 is 11.0 Å². The minimum absolute atomic E-state index is 0.411. The molecule has 0 aliphatic heterocycles. The molecule has 0 atom stereocenters. The summed E-state index contributed by atoms with van der Waals surface area (Å²) >= 11 is 0. The van der Waals surface area contributed by atoms with Gasteiger partial charge in [0.25, 0.3) is 0 Å². The lowest BCUT2D eigenvalue weighted by molar-refractivity contribution is 0.461. The summed E-state index contributed by atoms with van der Waals surface area (Å²) in [6, 6.07) is 2.25. The quantitative estimate of drug-likeness (QED) is 0.742. The van der Waals surface area contributed by atoms with Crippen LogP contribution in [0.2, 0.25) is 0 Å². The van der Waals surface area contributed by atoms with E-state index in [1.165, 1.54) is 6.33 Å². The predicted molar refractivity (Wildman–Crippen MR) is 73.6 cm³/mol. The Morgan fingerprint density at radius 2 is 1.90 bits per heavy atom. The fourth-order valence-corrected chi connectivity index (χ4v) is 2.24. The topological polar surface area (TPSA) is 48.5 Å². The van der Waals surface area contributed by atoms with Crippen molar-refractivity contribution in [1.29, 1.82) is 0 Å². The summed E-state index contributed by atoms with van der Waals surface area (Å²) in [5.41, 5.74) is 0.955. The first-order chi connectivity index (χ1) is 10.0. The summed E-state index contributed by atoms with van der Waals surface area (Å²) < 4.78 is 30.1. The van der Waals surface area contributed by atoms with Crippen LogP contribution in [-0.2, 0) is 13.1 Å². The lowest BCUT2D eigenvalue weighted by Crippen LogP contribution is -2.13. The molecule has 0 radical (unpaired) electrons. The third kappa shape index (κ3) is 2.63. The summed E-state index contributed by atoms with van der Waals surface area (Å²) in [5.74, 6) is -0.576. The van der Waals surface area contributed by atoms with E-state index >= 15 is 0 Å². The van der Waals surface area contributed by atoms with Crippen LogP contribution >= 0.6 is 0 Å². The minimum Gasteiger partial charge on any atom is -0.323 e. The van der Waals surface area contributed by atoms with E-state index in [2.05, 4.69) is 28.9 Å². The zero-order chi connectivity index (χ0) is 15.0. The Morgan fingerprint density at radius 1 is 1.14 bits per heavy atom. The molecule has 0 spiro atoms. The molecule has 7 heteroatoms. The van der Waals surface area contributed by atoms with Crippen molar-refractivity contribution in [2.45, 2.75) is 26.9 Å². The highest BCUT2D eigenvalue weighted by Crippen LogP contribution is 2.18. The van der Waals surface area contributed by atoms with Gasteiger partial charge in [-0.25, -0.2) is 23.4 Å². The van der Waals surface area contributed by atoms with E-state index in [0.29, 0.717) is 23.5 Å². The molecule has 2 aromatic heterocycles. The van der Waals surface area contributed by atoms with E-state index in [4.69, 9.17) is 0 Å². The molecule has 0 N–H and O–H groups in total. The molecule has 0 fully saturated rings. The van der Waals surface area contributed by atoms with E-state index in [0.717, 1.165) is 24.5 Å². The number of hydrogen-bond acceptors (Lipinski definition) is 3. The lowest BCUT2D eigenvalue weighted by Gasteiger charge is -2.09. The molecular weight excluding hydrogens is 276 g/mol. The van der Waals surface area contributed by atoms with Gasteiger partial charge in [-0.2, -0.15) is 5.10 Å². The highest BCUT2D eigenvalue weighted by Gasteiger charge is 2.12. The number of hydrogen-bond donors (Lipinski definition) is 0. The maximum atomic E-state index is 13.4. The summed E-state index contributed by atoms with van der Waals surface area (Å²) in [6.45, 7) is 5.35. The van der Waals surface area contributed by atoms with Crippen molar-refractivity contribution in [2.75, 3.05) is 0 Å². The molecule has 0 bridgehead atoms. The minimum atomic E-state index is -0.893. The van der Waals surface area contributed by atoms with Gasteiger partial charge in [-0.3, -0.25) is 0 Å². The number of benzene rings is 1. The Kier molecular flexibility index (Phi) is 3.40. The molecular formula is C14H15F2N5. The van der Waals surface area contributed by atoms with Crippen molar-refractivity contribution in [3.8, 4) is 0 Å². The maximum absolute atomic E-state index is 13.4. The molecule has 0 aliphatic rings. The SMILES string of the molecule is CC(C)Cn1ncnc1Cn1cnc2cc(F)c(F)cc21. The Bertz CT molecular complexity index is 775. The molecule has 0 saturated heterocycles. The molecule has 5 nitrogen and oxygen atoms in total. The van der Waals surface area contributed by atoms with Crippen molar-refractivity contribution in [2.24, 2.45) is 5.92 Å². The third-order valence-electron chi connectivity index (χ3n) is 3.21. The van der Waals surface area contributed by atoms with Crippen molar-refractivity contribution in [3.05, 3.63) is 42.2 Å². The second-order valence-corrected chi connectivity index (χ2v) is 5.38. The largest absolute Gasteiger partial charge is 0.323 e. The maximum Gasteiger partial charge on any atom is 0.161 e. The van der Waals surface area contributed by atoms with Crippen molar-refractivity contribution < 1.29 is 8.78 Å². The van der Waals surface area contributed by atoms with Crippen LogP contribution in [0.1, 0.15) is 19.7 Å². The average Bonchev–Trinajstić information content (AvgIpc) is 2.99. The first-order valence-corrected chi connectivity index (χ1v) is 6.71. The van der Waals surface area contributed by atoms with Crippen LogP contribution in [0.4, 0.5) is 8.78 Å². The normalized spacial score (nSPS) is 11.7. The average molecular weight is 291 g/mol. The zero-order valence-corrected chi connectivity index (χ0v) is 11.8. The van der Waals surface area contributed by atoms with Crippen LogP contribution in [0.25, 0.3) is 11.0 Å². The molecule has 0 unspecified atom stereocenters. The monoisotopic (exact) mass is 291 g/mol. The van der Waals surface area contributed by atoms with Gasteiger partial charge in [-0.1, -0.05) is 13.8 Å². The number of fused-ring (bicyclic) bond motifs is 1. The second kappa shape index (κ2) is 5.23. The molecule has 0 aliphatic carbocycles. The zero-order valence-electron chi connectivity index (χ0n) is 11.8. The summed E-state index contributed by atoms with van der Waals surface area (Å²) in [6.07, 6.45) is 3.05. The van der Waals surface area contributed by atoms with Gasteiger partial charge in [0.1, 0.15) is 12.2 Å². The van der Waals surface area contributed by atoms with Gasteiger partial charge in [0.05, 0.1) is 23.9 Å². The molecule has 3 rings (SSSR count). The second-order valence-electron chi connectivity index (χ2n) is 5.38. The summed E-state index contributed by atoms with van der Waals surface area (Å²) in [4.78, 5) is 8.32. The standard InChI is InChI=1S/C14H15F2N5/c1-9(2)5-21-14(17-7-19-21)6-20-8-18-12-3-10(15)11(16)4-13(12)20/h3-4,7-9H,5-6H2,1-2H3. The Labute approximate surface area is 120 Å². The van der Waals surface area contributed by atoms with Gasteiger partial charge < -0.3 is 4.57 Å². The van der Waals surface area contributed by atoms with Gasteiger partial charge in [0.2, 0.25) is 0 Å². The van der Waals surface area contributed by atoms with E-state index in [1.807, 2.05) is 4.68 Å². The molecule has 3 aromatic rings. The van der Waals surface area contributed by atoms with Crippen LogP contribution in [-0.4, -0.2) is 24.3 Å². The fourth-order valence-electron chi connectivity index (χ4n) is 2.24. The lowest BCUT2D eigenvalue weighted by atomic mass is 10.2. The van der Waals surface area contributed by atoms with Crippen molar-refractivity contribution in [3.63, 3.8) is 0 Å². The predicted octanol–water partition coefficient (Wildman–Crippen LogP) is 2.61. The molecule has 2 heterocycles. The number of aromatic nitrogens is 5. The highest BCUT2D eigenvalue weighted by atomic mass is 19.2. The number of nitrogens with zero attached hydrogens (tertiary/aromatic N) is 5. The van der Waals surface area contributed by atoms with Crippen LogP contribution in [0.3, 0.4) is 0 Å². The van der Waals surface area contributed by atoms with E-state index in [9.17, 15) is 8.78 Å². The van der Waals surface area contributed by atoms with E-state index in [-0.39, 0.29) is 0 Å². The smallest absolute Gasteiger partial charge is 0.161 e. The van der Waals surface area contributed by atoms with Crippen LogP contribution < -0.4 is 0 Å². The van der Waals surface area contributed by atoms with Crippen LogP contribution in [0, 0.1) is 17.6 Å². The van der Waals surface area contributed by atoms with Gasteiger partial charge in [0.15, 0.2) is 11.6 Å². The third-order valence-corrected chi connectivity index (χ3v) is 3.21. The molecule has 0 amide bonds. The Morgan fingerprint density at radius 3 is 2.67 bits per heavy atom. The van der Waals surface area contributed by atoms with E-state index in [1.54, 1.807) is 10.9 Å². The van der Waals surface area contributed by atoms with Gasteiger partial charge in [-0.15, -0.1) is 0 Å². The van der Waals surface area contributed by atoms with Crippen LogP contribution in [0.15, 0.2) is 24.8 Å². The van der Waals surface area contributed by atoms with Gasteiger partial charge >= 0.3 is 0 Å². The fraction of sp³-hybridized carbons (Fsp3) is 0.357. The first-order valence-electron chi connectivity index (χ1n) is 6.71. The van der Waals surface area contributed by atoms with E-state index < -0.39 is 11.6 Å². The Balaban J connectivity index is 1.95. The Hall–Kier alpha value is -2.31.